The van der Waals surface area contributed by atoms with E-state index in [1.165, 1.54) is 17.9 Å². The summed E-state index contributed by atoms with van der Waals surface area (Å²) in [5, 5.41) is 10.6. The lowest BCUT2D eigenvalue weighted by Gasteiger charge is -2.16. The van der Waals surface area contributed by atoms with Crippen LogP contribution < -0.4 is 4.90 Å². The number of aliphatic hydroxyl groups is 1. The first-order chi connectivity index (χ1) is 6.23. The van der Waals surface area contributed by atoms with Crippen LogP contribution in [0, 0.1) is 12.3 Å². The maximum atomic E-state index is 9.75. The second-order valence-electron chi connectivity index (χ2n) is 3.07. The summed E-state index contributed by atoms with van der Waals surface area (Å²) in [5.41, 5.74) is -0.980. The van der Waals surface area contributed by atoms with Gasteiger partial charge in [0.15, 0.2) is 0 Å². The zero-order valence-corrected chi connectivity index (χ0v) is 7.79. The molecule has 2 rings (SSSR count). The molecule has 0 saturated carbocycles. The van der Waals surface area contributed by atoms with Gasteiger partial charge in [-0.3, -0.25) is 0 Å². The first-order valence-corrected chi connectivity index (χ1v) is 4.73. The highest BCUT2D eigenvalue weighted by Crippen LogP contribution is 2.26. The maximum Gasteiger partial charge on any atom is 0.205 e. The smallest absolute Gasteiger partial charge is 0.205 e. The molecular weight excluding hydrogens is 186 g/mol. The fourth-order valence-electron chi connectivity index (χ4n) is 1.38. The maximum absolute atomic E-state index is 9.75. The molecule has 4 nitrogen and oxygen atoms in total. The monoisotopic (exact) mass is 195 g/mol. The highest BCUT2D eigenvalue weighted by Gasteiger charge is 2.35. The Hall–Kier alpha value is -1.12. The van der Waals surface area contributed by atoms with Crippen molar-refractivity contribution in [1.82, 2.24) is 9.36 Å². The van der Waals surface area contributed by atoms with Crippen molar-refractivity contribution in [3.8, 4) is 12.3 Å². The molecule has 68 valence electrons. The van der Waals surface area contributed by atoms with Crippen molar-refractivity contribution < 1.29 is 5.11 Å². The van der Waals surface area contributed by atoms with Crippen molar-refractivity contribution in [3.63, 3.8) is 0 Å². The van der Waals surface area contributed by atoms with Crippen LogP contribution in [0.15, 0.2) is 6.33 Å². The van der Waals surface area contributed by atoms with E-state index < -0.39 is 5.60 Å². The average molecular weight is 195 g/mol. The van der Waals surface area contributed by atoms with E-state index in [2.05, 4.69) is 15.3 Å². The molecule has 1 saturated heterocycles. The fraction of sp³-hybridized carbons (Fsp3) is 0.500. The zero-order valence-electron chi connectivity index (χ0n) is 6.97. The zero-order chi connectivity index (χ0) is 9.31. The summed E-state index contributed by atoms with van der Waals surface area (Å²) in [6.07, 6.45) is 7.33. The predicted octanol–water partition coefficient (Wildman–Crippen LogP) is 0.113. The first kappa shape index (κ1) is 8.48. The van der Waals surface area contributed by atoms with Crippen LogP contribution in [-0.2, 0) is 0 Å². The second-order valence-corrected chi connectivity index (χ2v) is 3.83. The molecule has 0 radical (unpaired) electrons. The Labute approximate surface area is 80.4 Å². The Balaban J connectivity index is 2.12. The lowest BCUT2D eigenvalue weighted by atomic mass is 10.1. The van der Waals surface area contributed by atoms with Crippen molar-refractivity contribution in [2.75, 3.05) is 18.0 Å². The van der Waals surface area contributed by atoms with E-state index in [9.17, 15) is 5.11 Å². The highest BCUT2D eigenvalue weighted by atomic mass is 32.1. The van der Waals surface area contributed by atoms with Gasteiger partial charge in [-0.2, -0.15) is 4.37 Å². The fourth-order valence-corrected chi connectivity index (χ4v) is 1.94. The lowest BCUT2D eigenvalue weighted by molar-refractivity contribution is 0.126. The van der Waals surface area contributed by atoms with Gasteiger partial charge in [0.1, 0.15) is 11.9 Å². The van der Waals surface area contributed by atoms with Crippen molar-refractivity contribution in [1.29, 1.82) is 0 Å². The summed E-state index contributed by atoms with van der Waals surface area (Å²) in [6.45, 7) is 1.20. The molecule has 1 aromatic heterocycles. The minimum absolute atomic E-state index is 0.457. The summed E-state index contributed by atoms with van der Waals surface area (Å²) < 4.78 is 3.90. The Bertz CT molecular complexity index is 332. The minimum Gasteiger partial charge on any atom is -0.376 e. The van der Waals surface area contributed by atoms with Crippen LogP contribution in [0.4, 0.5) is 5.13 Å². The minimum atomic E-state index is -0.980. The van der Waals surface area contributed by atoms with Crippen molar-refractivity contribution in [2.24, 2.45) is 0 Å². The Kier molecular flexibility index (Phi) is 1.94. The van der Waals surface area contributed by atoms with Crippen molar-refractivity contribution in [3.05, 3.63) is 6.33 Å². The van der Waals surface area contributed by atoms with E-state index in [-0.39, 0.29) is 0 Å². The highest BCUT2D eigenvalue weighted by molar-refractivity contribution is 7.09. The largest absolute Gasteiger partial charge is 0.376 e. The second kappa shape index (κ2) is 2.98. The molecule has 1 aromatic rings. The average Bonchev–Trinajstić information content (AvgIpc) is 2.73. The molecule has 1 aliphatic rings. The molecule has 1 N–H and O–H groups in total. The third-order valence-corrected chi connectivity index (χ3v) is 2.86. The van der Waals surface area contributed by atoms with Gasteiger partial charge in [0.2, 0.25) is 5.13 Å². The Morgan fingerprint density at radius 3 is 3.15 bits per heavy atom. The molecule has 1 unspecified atom stereocenters. The molecule has 1 fully saturated rings. The number of terminal acetylenes is 1. The van der Waals surface area contributed by atoms with Crippen LogP contribution in [0.5, 0.6) is 0 Å². The van der Waals surface area contributed by atoms with Gasteiger partial charge >= 0.3 is 0 Å². The van der Waals surface area contributed by atoms with E-state index in [0.717, 1.165) is 11.7 Å². The number of β-amino-alcohol motifs (C(OH)–C–C–N with tert-alkyl or cyclic N) is 1. The molecule has 0 bridgehead atoms. The number of aromatic nitrogens is 2. The van der Waals surface area contributed by atoms with Crippen LogP contribution in [0.2, 0.25) is 0 Å². The van der Waals surface area contributed by atoms with E-state index in [4.69, 9.17) is 6.42 Å². The number of hydrogen-bond acceptors (Lipinski definition) is 5. The van der Waals surface area contributed by atoms with E-state index >= 15 is 0 Å². The summed E-state index contributed by atoms with van der Waals surface area (Å²) >= 11 is 1.32. The summed E-state index contributed by atoms with van der Waals surface area (Å²) in [5.74, 6) is 2.40. The van der Waals surface area contributed by atoms with Gasteiger partial charge in [-0.25, -0.2) is 4.98 Å². The molecule has 5 heteroatoms. The molecule has 0 aromatic carbocycles. The molecule has 0 aliphatic carbocycles. The quantitative estimate of drug-likeness (QED) is 0.646. The summed E-state index contributed by atoms with van der Waals surface area (Å²) in [7, 11) is 0. The SMILES string of the molecule is C#CC1(O)CCN(c2ncns2)C1. The number of nitrogens with zero attached hydrogens (tertiary/aromatic N) is 3. The number of anilines is 1. The molecule has 0 amide bonds. The van der Waals surface area contributed by atoms with Gasteiger partial charge < -0.3 is 10.0 Å². The van der Waals surface area contributed by atoms with Crippen LogP contribution in [0.3, 0.4) is 0 Å². The molecule has 1 atom stereocenters. The predicted molar refractivity (Wildman–Crippen MR) is 50.5 cm³/mol. The Morgan fingerprint density at radius 1 is 1.77 bits per heavy atom. The molecule has 0 spiro atoms. The topological polar surface area (TPSA) is 49.2 Å². The molecule has 13 heavy (non-hydrogen) atoms. The van der Waals surface area contributed by atoms with Gasteiger partial charge in [-0.15, -0.1) is 6.42 Å². The molecule has 2 heterocycles. The van der Waals surface area contributed by atoms with Crippen LogP contribution in [-0.4, -0.2) is 33.2 Å². The van der Waals surface area contributed by atoms with Crippen LogP contribution >= 0.6 is 11.5 Å². The molecular formula is C8H9N3OS. The third kappa shape index (κ3) is 1.50. The van der Waals surface area contributed by atoms with Crippen LogP contribution in [0.25, 0.3) is 0 Å². The van der Waals surface area contributed by atoms with Gasteiger partial charge in [-0.05, 0) is 0 Å². The van der Waals surface area contributed by atoms with Gasteiger partial charge in [-0.1, -0.05) is 5.92 Å². The standard InChI is InChI=1S/C8H9N3OS/c1-2-8(12)3-4-11(5-8)7-9-6-10-13-7/h1,6,12H,3-5H2. The number of hydrogen-bond donors (Lipinski definition) is 1. The van der Waals surface area contributed by atoms with Crippen LogP contribution in [0.1, 0.15) is 6.42 Å². The third-order valence-electron chi connectivity index (χ3n) is 2.14. The van der Waals surface area contributed by atoms with E-state index in [1.54, 1.807) is 0 Å². The van der Waals surface area contributed by atoms with Gasteiger partial charge in [0.05, 0.1) is 6.54 Å². The normalized spacial score (nSPS) is 27.5. The summed E-state index contributed by atoms with van der Waals surface area (Å²) in [6, 6.07) is 0. The number of rotatable bonds is 1. The summed E-state index contributed by atoms with van der Waals surface area (Å²) in [4.78, 5) is 6.01. The van der Waals surface area contributed by atoms with Crippen molar-refractivity contribution >= 4 is 16.7 Å². The Morgan fingerprint density at radius 2 is 2.62 bits per heavy atom. The first-order valence-electron chi connectivity index (χ1n) is 3.95. The van der Waals surface area contributed by atoms with Gasteiger partial charge in [0, 0.05) is 24.5 Å². The van der Waals surface area contributed by atoms with Crippen molar-refractivity contribution in [2.45, 2.75) is 12.0 Å². The van der Waals surface area contributed by atoms with E-state index in [1.807, 2.05) is 4.90 Å². The molecule has 1 aliphatic heterocycles. The van der Waals surface area contributed by atoms with Gasteiger partial charge in [0.25, 0.3) is 0 Å². The van der Waals surface area contributed by atoms with E-state index in [0.29, 0.717) is 13.0 Å². The lowest BCUT2D eigenvalue weighted by Crippen LogP contribution is -2.31.